The second-order valence-electron chi connectivity index (χ2n) is 4.50. The molecule has 17 heavy (non-hydrogen) atoms. The first-order valence-electron chi connectivity index (χ1n) is 5.20. The van der Waals surface area contributed by atoms with Crippen molar-refractivity contribution in [2.45, 2.75) is 25.8 Å². The third kappa shape index (κ3) is 4.54. The molecule has 0 aliphatic heterocycles. The van der Waals surface area contributed by atoms with Crippen molar-refractivity contribution >= 4 is 29.1 Å². The molecular formula is C12H15Cl2NO2. The molecule has 0 unspecified atom stereocenters. The number of nitrogens with one attached hydrogen (secondary N) is 1. The lowest BCUT2D eigenvalue weighted by Crippen LogP contribution is -2.46. The first-order valence-corrected chi connectivity index (χ1v) is 5.95. The Morgan fingerprint density at radius 2 is 2.06 bits per heavy atom. The summed E-state index contributed by atoms with van der Waals surface area (Å²) in [6.07, 6.45) is 0.166. The van der Waals surface area contributed by atoms with Gasteiger partial charge in [0.05, 0.1) is 18.6 Å². The van der Waals surface area contributed by atoms with Crippen LogP contribution in [0.25, 0.3) is 0 Å². The van der Waals surface area contributed by atoms with Gasteiger partial charge < -0.3 is 10.4 Å². The lowest BCUT2D eigenvalue weighted by molar-refractivity contribution is -0.122. The van der Waals surface area contributed by atoms with Crippen molar-refractivity contribution in [1.82, 2.24) is 5.32 Å². The third-order valence-electron chi connectivity index (χ3n) is 2.24. The standard InChI is InChI=1S/C12H15Cl2NO2/c1-12(2,7-16)15-11(17)5-8-3-4-9(13)6-10(8)14/h3-4,6,16H,5,7H2,1-2H3,(H,15,17). The summed E-state index contributed by atoms with van der Waals surface area (Å²) < 4.78 is 0. The highest BCUT2D eigenvalue weighted by molar-refractivity contribution is 6.35. The molecule has 1 aromatic rings. The Balaban J connectivity index is 2.69. The Morgan fingerprint density at radius 1 is 1.41 bits per heavy atom. The van der Waals surface area contributed by atoms with E-state index >= 15 is 0 Å². The number of halogens is 2. The Kier molecular flexibility index (Phi) is 4.80. The number of carbonyl (C=O) groups excluding carboxylic acids is 1. The van der Waals surface area contributed by atoms with Crippen LogP contribution in [0.15, 0.2) is 18.2 Å². The zero-order valence-electron chi connectivity index (χ0n) is 9.76. The maximum atomic E-state index is 11.7. The van der Waals surface area contributed by atoms with Crippen molar-refractivity contribution < 1.29 is 9.90 Å². The van der Waals surface area contributed by atoms with Crippen molar-refractivity contribution in [3.05, 3.63) is 33.8 Å². The van der Waals surface area contributed by atoms with Gasteiger partial charge in [0.1, 0.15) is 0 Å². The number of hydrogen-bond acceptors (Lipinski definition) is 2. The van der Waals surface area contributed by atoms with Crippen LogP contribution in [0, 0.1) is 0 Å². The molecule has 1 amide bonds. The molecule has 0 radical (unpaired) electrons. The number of hydrogen-bond donors (Lipinski definition) is 2. The van der Waals surface area contributed by atoms with E-state index in [1.807, 2.05) is 0 Å². The van der Waals surface area contributed by atoms with E-state index < -0.39 is 5.54 Å². The molecule has 5 heteroatoms. The van der Waals surface area contributed by atoms with Gasteiger partial charge >= 0.3 is 0 Å². The highest BCUT2D eigenvalue weighted by atomic mass is 35.5. The Labute approximate surface area is 111 Å². The molecule has 94 valence electrons. The fourth-order valence-electron chi connectivity index (χ4n) is 1.30. The molecule has 1 aromatic carbocycles. The number of rotatable bonds is 4. The summed E-state index contributed by atoms with van der Waals surface area (Å²) in [5, 5.41) is 12.8. The molecular weight excluding hydrogens is 261 g/mol. The van der Waals surface area contributed by atoms with Gasteiger partial charge in [-0.2, -0.15) is 0 Å². The minimum absolute atomic E-state index is 0.118. The quantitative estimate of drug-likeness (QED) is 0.887. The fraction of sp³-hybridized carbons (Fsp3) is 0.417. The van der Waals surface area contributed by atoms with Gasteiger partial charge in [0, 0.05) is 10.0 Å². The van der Waals surface area contributed by atoms with Gasteiger partial charge in [0.15, 0.2) is 0 Å². The number of aliphatic hydroxyl groups is 1. The van der Waals surface area contributed by atoms with Gasteiger partial charge in [0.2, 0.25) is 5.91 Å². The first-order chi connectivity index (χ1) is 7.84. The molecule has 0 aliphatic rings. The molecule has 0 bridgehead atoms. The summed E-state index contributed by atoms with van der Waals surface area (Å²) in [6.45, 7) is 3.37. The number of benzene rings is 1. The Bertz CT molecular complexity index is 419. The minimum atomic E-state index is -0.629. The summed E-state index contributed by atoms with van der Waals surface area (Å²) in [4.78, 5) is 11.7. The van der Waals surface area contributed by atoms with Crippen molar-refractivity contribution in [2.75, 3.05) is 6.61 Å². The molecule has 0 atom stereocenters. The Morgan fingerprint density at radius 3 is 2.59 bits per heavy atom. The second kappa shape index (κ2) is 5.71. The van der Waals surface area contributed by atoms with E-state index in [-0.39, 0.29) is 18.9 Å². The van der Waals surface area contributed by atoms with Crippen molar-refractivity contribution in [2.24, 2.45) is 0 Å². The summed E-state index contributed by atoms with van der Waals surface area (Å²) in [6, 6.07) is 5.01. The zero-order valence-corrected chi connectivity index (χ0v) is 11.3. The van der Waals surface area contributed by atoms with Gasteiger partial charge in [-0.15, -0.1) is 0 Å². The van der Waals surface area contributed by atoms with E-state index in [4.69, 9.17) is 28.3 Å². The van der Waals surface area contributed by atoms with E-state index in [0.29, 0.717) is 15.6 Å². The molecule has 1 rings (SSSR count). The maximum absolute atomic E-state index is 11.7. The second-order valence-corrected chi connectivity index (χ2v) is 5.35. The molecule has 0 aromatic heterocycles. The largest absolute Gasteiger partial charge is 0.394 e. The fourth-order valence-corrected chi connectivity index (χ4v) is 1.77. The number of carbonyl (C=O) groups is 1. The predicted molar refractivity (Wildman–Crippen MR) is 69.5 cm³/mol. The van der Waals surface area contributed by atoms with Gasteiger partial charge in [0.25, 0.3) is 0 Å². The lowest BCUT2D eigenvalue weighted by Gasteiger charge is -2.23. The summed E-state index contributed by atoms with van der Waals surface area (Å²) in [5.74, 6) is -0.187. The van der Waals surface area contributed by atoms with Crippen molar-refractivity contribution in [1.29, 1.82) is 0 Å². The number of aliphatic hydroxyl groups excluding tert-OH is 1. The highest BCUT2D eigenvalue weighted by Gasteiger charge is 2.19. The van der Waals surface area contributed by atoms with E-state index in [1.54, 1.807) is 32.0 Å². The molecule has 0 spiro atoms. The van der Waals surface area contributed by atoms with E-state index in [9.17, 15) is 4.79 Å². The molecule has 0 heterocycles. The van der Waals surface area contributed by atoms with Crippen molar-refractivity contribution in [3.63, 3.8) is 0 Å². The molecule has 0 saturated carbocycles. The Hall–Kier alpha value is -0.770. The van der Waals surface area contributed by atoms with Crippen LogP contribution in [0.4, 0.5) is 0 Å². The van der Waals surface area contributed by atoms with Gasteiger partial charge in [-0.3, -0.25) is 4.79 Å². The lowest BCUT2D eigenvalue weighted by atomic mass is 10.1. The van der Waals surface area contributed by atoms with Crippen LogP contribution in [-0.4, -0.2) is 23.2 Å². The number of amides is 1. The SMILES string of the molecule is CC(C)(CO)NC(=O)Cc1ccc(Cl)cc1Cl. The summed E-state index contributed by atoms with van der Waals surface area (Å²) in [5.41, 5.74) is 0.0815. The van der Waals surface area contributed by atoms with Crippen LogP contribution < -0.4 is 5.32 Å². The summed E-state index contributed by atoms with van der Waals surface area (Å²) in [7, 11) is 0. The van der Waals surface area contributed by atoms with Crippen LogP contribution >= 0.6 is 23.2 Å². The van der Waals surface area contributed by atoms with Crippen molar-refractivity contribution in [3.8, 4) is 0 Å². The van der Waals surface area contributed by atoms with Crippen LogP contribution in [0.1, 0.15) is 19.4 Å². The monoisotopic (exact) mass is 275 g/mol. The van der Waals surface area contributed by atoms with Crippen LogP contribution in [0.5, 0.6) is 0 Å². The molecule has 0 saturated heterocycles. The van der Waals surface area contributed by atoms with E-state index in [2.05, 4.69) is 5.32 Å². The molecule has 3 nitrogen and oxygen atoms in total. The van der Waals surface area contributed by atoms with Gasteiger partial charge in [-0.1, -0.05) is 29.3 Å². The minimum Gasteiger partial charge on any atom is -0.394 e. The van der Waals surface area contributed by atoms with Gasteiger partial charge in [-0.05, 0) is 31.5 Å². The predicted octanol–water partition coefficient (Wildman–Crippen LogP) is 2.42. The topological polar surface area (TPSA) is 49.3 Å². The van der Waals surface area contributed by atoms with Crippen LogP contribution in [0.2, 0.25) is 10.0 Å². The normalized spacial score (nSPS) is 11.4. The average molecular weight is 276 g/mol. The van der Waals surface area contributed by atoms with Crippen LogP contribution in [-0.2, 0) is 11.2 Å². The maximum Gasteiger partial charge on any atom is 0.224 e. The zero-order chi connectivity index (χ0) is 13.1. The van der Waals surface area contributed by atoms with E-state index in [1.165, 1.54) is 0 Å². The average Bonchev–Trinajstić information content (AvgIpc) is 2.21. The molecule has 0 fully saturated rings. The summed E-state index contributed by atoms with van der Waals surface area (Å²) >= 11 is 11.7. The third-order valence-corrected chi connectivity index (χ3v) is 2.83. The first kappa shape index (κ1) is 14.3. The van der Waals surface area contributed by atoms with E-state index in [0.717, 1.165) is 0 Å². The van der Waals surface area contributed by atoms with Gasteiger partial charge in [-0.25, -0.2) is 0 Å². The highest BCUT2D eigenvalue weighted by Crippen LogP contribution is 2.21. The molecule has 0 aliphatic carbocycles. The van der Waals surface area contributed by atoms with Crippen LogP contribution in [0.3, 0.4) is 0 Å². The smallest absolute Gasteiger partial charge is 0.224 e. The molecule has 2 N–H and O–H groups in total.